The fourth-order valence-corrected chi connectivity index (χ4v) is 4.00. The summed E-state index contributed by atoms with van der Waals surface area (Å²) >= 11 is 1.75. The summed E-state index contributed by atoms with van der Waals surface area (Å²) in [6.07, 6.45) is 4.23. The topological polar surface area (TPSA) is 69.6 Å². The maximum absolute atomic E-state index is 12.4. The molecule has 6 heteroatoms. The number of rotatable bonds is 2. The minimum atomic E-state index is -1.14. The lowest BCUT2D eigenvalue weighted by molar-refractivity contribution is -0.136. The summed E-state index contributed by atoms with van der Waals surface area (Å²) in [4.78, 5) is 25.0. The fraction of sp³-hybridized carbons (Fsp3) is 0.667. The number of carbonyl (C=O) groups excluding carboxylic acids is 1. The number of carbonyl (C=O) groups is 2. The molecule has 3 atom stereocenters. The van der Waals surface area contributed by atoms with Crippen LogP contribution in [0.1, 0.15) is 25.7 Å². The van der Waals surface area contributed by atoms with E-state index in [4.69, 9.17) is 5.11 Å². The second-order valence-electron chi connectivity index (χ2n) is 4.60. The molecule has 2 aliphatic rings. The van der Waals surface area contributed by atoms with Gasteiger partial charge in [-0.25, -0.2) is 4.79 Å². The summed E-state index contributed by atoms with van der Waals surface area (Å²) in [7, 11) is 0. The monoisotopic (exact) mass is 270 g/mol. The average Bonchev–Trinajstić information content (AvgIpc) is 2.49. The number of hydrogen-bond donors (Lipinski definition) is 2. The van der Waals surface area contributed by atoms with Crippen LogP contribution in [0.15, 0.2) is 12.7 Å². The SMILES string of the molecule is C=CC1CCC[C@@H]2SCCC(NC(=O)O)C(=O)N12. The van der Waals surface area contributed by atoms with E-state index in [9.17, 15) is 9.59 Å². The highest BCUT2D eigenvalue weighted by atomic mass is 32.2. The van der Waals surface area contributed by atoms with Crippen LogP contribution in [0.4, 0.5) is 4.79 Å². The van der Waals surface area contributed by atoms with E-state index in [1.807, 2.05) is 4.90 Å². The molecule has 18 heavy (non-hydrogen) atoms. The van der Waals surface area contributed by atoms with Crippen molar-refractivity contribution in [3.8, 4) is 0 Å². The lowest BCUT2D eigenvalue weighted by Crippen LogP contribution is -2.54. The van der Waals surface area contributed by atoms with Crippen LogP contribution in [0.25, 0.3) is 0 Å². The number of carboxylic acid groups (broad SMARTS) is 1. The van der Waals surface area contributed by atoms with Crippen LogP contribution in [-0.2, 0) is 4.79 Å². The molecule has 2 rings (SSSR count). The molecule has 2 amide bonds. The summed E-state index contributed by atoms with van der Waals surface area (Å²) < 4.78 is 0. The molecule has 0 saturated carbocycles. The van der Waals surface area contributed by atoms with Gasteiger partial charge in [0, 0.05) is 0 Å². The Morgan fingerprint density at radius 1 is 1.50 bits per heavy atom. The van der Waals surface area contributed by atoms with Crippen molar-refractivity contribution in [1.29, 1.82) is 0 Å². The third kappa shape index (κ3) is 2.63. The first-order chi connectivity index (χ1) is 8.63. The zero-order valence-corrected chi connectivity index (χ0v) is 11.0. The van der Waals surface area contributed by atoms with Crippen molar-refractivity contribution in [3.05, 3.63) is 12.7 Å². The van der Waals surface area contributed by atoms with Crippen LogP contribution in [0.5, 0.6) is 0 Å². The van der Waals surface area contributed by atoms with Crippen molar-refractivity contribution in [2.45, 2.75) is 43.1 Å². The lowest BCUT2D eigenvalue weighted by atomic mass is 10.0. The maximum atomic E-state index is 12.4. The van der Waals surface area contributed by atoms with Gasteiger partial charge in [-0.15, -0.1) is 18.3 Å². The fourth-order valence-electron chi connectivity index (χ4n) is 2.60. The minimum Gasteiger partial charge on any atom is -0.465 e. The molecular weight excluding hydrogens is 252 g/mol. The summed E-state index contributed by atoms with van der Waals surface area (Å²) in [6, 6.07) is -0.569. The summed E-state index contributed by atoms with van der Waals surface area (Å²) in [5, 5.41) is 11.3. The van der Waals surface area contributed by atoms with Gasteiger partial charge in [-0.1, -0.05) is 6.08 Å². The number of thioether (sulfide) groups is 1. The van der Waals surface area contributed by atoms with E-state index in [-0.39, 0.29) is 17.3 Å². The van der Waals surface area contributed by atoms with E-state index < -0.39 is 12.1 Å². The molecule has 2 heterocycles. The third-order valence-electron chi connectivity index (χ3n) is 3.46. The third-order valence-corrected chi connectivity index (χ3v) is 4.78. The van der Waals surface area contributed by atoms with Crippen molar-refractivity contribution in [2.75, 3.05) is 5.75 Å². The van der Waals surface area contributed by atoms with E-state index in [1.165, 1.54) is 0 Å². The molecule has 100 valence electrons. The Bertz CT molecular complexity index is 361. The smallest absolute Gasteiger partial charge is 0.405 e. The van der Waals surface area contributed by atoms with Gasteiger partial charge in [0.1, 0.15) is 6.04 Å². The number of nitrogens with zero attached hydrogens (tertiary/aromatic N) is 1. The van der Waals surface area contributed by atoms with E-state index in [2.05, 4.69) is 11.9 Å². The normalized spacial score (nSPS) is 32.3. The molecule has 0 aromatic rings. The van der Waals surface area contributed by atoms with Gasteiger partial charge in [0.2, 0.25) is 5.91 Å². The zero-order valence-electron chi connectivity index (χ0n) is 10.2. The van der Waals surface area contributed by atoms with Crippen LogP contribution >= 0.6 is 11.8 Å². The molecule has 2 fully saturated rings. The van der Waals surface area contributed by atoms with Crippen molar-refractivity contribution in [3.63, 3.8) is 0 Å². The minimum absolute atomic E-state index is 0.0416. The first kappa shape index (κ1) is 13.3. The second kappa shape index (κ2) is 5.65. The first-order valence-corrected chi connectivity index (χ1v) is 7.24. The molecule has 2 unspecified atom stereocenters. The standard InChI is InChI=1S/C12H18N2O3S/c1-2-8-4-3-5-10-14(8)11(15)9(6-7-18-10)13-12(16)17/h2,8-10,13H,1,3-7H2,(H,16,17)/t8?,9?,10-/m0/s1. The Balaban J connectivity index is 2.18. The summed E-state index contributed by atoms with van der Waals surface area (Å²) in [5.41, 5.74) is 0. The van der Waals surface area contributed by atoms with Crippen molar-refractivity contribution >= 4 is 23.8 Å². The molecule has 2 N–H and O–H groups in total. The van der Waals surface area contributed by atoms with Gasteiger partial charge in [0.25, 0.3) is 0 Å². The molecule has 0 spiro atoms. The largest absolute Gasteiger partial charge is 0.465 e. The molecule has 0 bridgehead atoms. The van der Waals surface area contributed by atoms with Gasteiger partial charge < -0.3 is 15.3 Å². The summed E-state index contributed by atoms with van der Waals surface area (Å²) in [5.74, 6) is 0.707. The first-order valence-electron chi connectivity index (χ1n) is 6.19. The van der Waals surface area contributed by atoms with E-state index in [0.29, 0.717) is 6.42 Å². The van der Waals surface area contributed by atoms with Crippen molar-refractivity contribution in [1.82, 2.24) is 10.2 Å². The highest BCUT2D eigenvalue weighted by Gasteiger charge is 2.39. The van der Waals surface area contributed by atoms with Crippen molar-refractivity contribution in [2.24, 2.45) is 0 Å². The van der Waals surface area contributed by atoms with Crippen molar-refractivity contribution < 1.29 is 14.7 Å². The van der Waals surface area contributed by atoms with Crippen LogP contribution in [0.2, 0.25) is 0 Å². The number of nitrogens with one attached hydrogen (secondary N) is 1. The Labute approximate surface area is 111 Å². The van der Waals surface area contributed by atoms with Crippen LogP contribution < -0.4 is 5.32 Å². The predicted octanol–water partition coefficient (Wildman–Crippen LogP) is 1.65. The highest BCUT2D eigenvalue weighted by molar-refractivity contribution is 7.99. The molecule has 2 aliphatic heterocycles. The van der Waals surface area contributed by atoms with E-state index >= 15 is 0 Å². The van der Waals surface area contributed by atoms with E-state index in [1.54, 1.807) is 17.8 Å². The Morgan fingerprint density at radius 2 is 2.28 bits per heavy atom. The van der Waals surface area contributed by atoms with Gasteiger partial charge in [-0.2, -0.15) is 0 Å². The van der Waals surface area contributed by atoms with Crippen LogP contribution in [0.3, 0.4) is 0 Å². The predicted molar refractivity (Wildman–Crippen MR) is 70.5 cm³/mol. The quantitative estimate of drug-likeness (QED) is 0.749. The van der Waals surface area contributed by atoms with Crippen LogP contribution in [-0.4, -0.2) is 45.2 Å². The summed E-state index contributed by atoms with van der Waals surface area (Å²) in [6.45, 7) is 3.79. The Hall–Kier alpha value is -1.17. The molecule has 0 radical (unpaired) electrons. The van der Waals surface area contributed by atoms with Crippen LogP contribution in [0, 0.1) is 0 Å². The molecular formula is C12H18N2O3S. The lowest BCUT2D eigenvalue weighted by Gasteiger charge is -2.40. The molecule has 0 aliphatic carbocycles. The van der Waals surface area contributed by atoms with Gasteiger partial charge in [0.05, 0.1) is 11.4 Å². The highest BCUT2D eigenvalue weighted by Crippen LogP contribution is 2.34. The van der Waals surface area contributed by atoms with E-state index in [0.717, 1.165) is 25.0 Å². The number of fused-ring (bicyclic) bond motifs is 1. The number of piperidine rings is 1. The molecule has 0 aromatic carbocycles. The molecule has 2 saturated heterocycles. The maximum Gasteiger partial charge on any atom is 0.405 e. The second-order valence-corrected chi connectivity index (χ2v) is 5.88. The molecule has 5 nitrogen and oxygen atoms in total. The zero-order chi connectivity index (χ0) is 13.1. The Morgan fingerprint density at radius 3 is 2.94 bits per heavy atom. The number of amides is 2. The average molecular weight is 270 g/mol. The Kier molecular flexibility index (Phi) is 4.16. The number of hydrogen-bond acceptors (Lipinski definition) is 3. The van der Waals surface area contributed by atoms with Gasteiger partial charge >= 0.3 is 6.09 Å². The van der Waals surface area contributed by atoms with Gasteiger partial charge in [0.15, 0.2) is 0 Å². The van der Waals surface area contributed by atoms with Gasteiger partial charge in [-0.3, -0.25) is 4.79 Å². The van der Waals surface area contributed by atoms with Gasteiger partial charge in [-0.05, 0) is 31.4 Å². The molecule has 0 aromatic heterocycles.